The van der Waals surface area contributed by atoms with Gasteiger partial charge in [0.15, 0.2) is 5.69 Å². The molecule has 1 aromatic carbocycles. The summed E-state index contributed by atoms with van der Waals surface area (Å²) in [6.45, 7) is 5.28. The van der Waals surface area contributed by atoms with Gasteiger partial charge >= 0.3 is 16.3 Å². The van der Waals surface area contributed by atoms with Crippen molar-refractivity contribution in [1.29, 1.82) is 0 Å². The second-order valence-corrected chi connectivity index (χ2v) is 6.91. The zero-order chi connectivity index (χ0) is 16.7. The van der Waals surface area contributed by atoms with E-state index in [9.17, 15) is 17.8 Å². The summed E-state index contributed by atoms with van der Waals surface area (Å²) in [7, 11) is -4.65. The van der Waals surface area contributed by atoms with Crippen LogP contribution in [0.2, 0.25) is 0 Å². The Balaban J connectivity index is 2.69. The number of carbonyl (C=O) groups is 1. The van der Waals surface area contributed by atoms with Crippen LogP contribution in [-0.4, -0.2) is 29.0 Å². The van der Waals surface area contributed by atoms with E-state index >= 15 is 0 Å². The first-order chi connectivity index (χ1) is 10.1. The molecule has 0 aliphatic rings. The van der Waals surface area contributed by atoms with Crippen molar-refractivity contribution >= 4 is 38.4 Å². The van der Waals surface area contributed by atoms with E-state index in [4.69, 9.17) is 5.11 Å². The molecule has 118 valence electrons. The quantitative estimate of drug-likeness (QED) is 0.827. The van der Waals surface area contributed by atoms with Crippen molar-refractivity contribution in [3.63, 3.8) is 0 Å². The highest BCUT2D eigenvalue weighted by molar-refractivity contribution is 7.87. The minimum atomic E-state index is -4.65. The van der Waals surface area contributed by atoms with Crippen LogP contribution in [-0.2, 0) is 10.3 Å². The van der Waals surface area contributed by atoms with Crippen LogP contribution in [0.5, 0.6) is 0 Å². The van der Waals surface area contributed by atoms with Crippen molar-refractivity contribution in [3.05, 3.63) is 39.9 Å². The Kier molecular flexibility index (Phi) is 4.23. The summed E-state index contributed by atoms with van der Waals surface area (Å²) in [5.74, 6) is -1.27. The number of hydrogen-bond acceptors (Lipinski definition) is 5. The normalized spacial score (nSPS) is 11.5. The lowest BCUT2D eigenvalue weighted by Crippen LogP contribution is -2.26. The minimum absolute atomic E-state index is 0.130. The molecule has 0 saturated heterocycles. The van der Waals surface area contributed by atoms with E-state index in [1.165, 1.54) is 5.38 Å². The van der Waals surface area contributed by atoms with E-state index in [0.717, 1.165) is 16.9 Å². The minimum Gasteiger partial charge on any atom is -0.476 e. The summed E-state index contributed by atoms with van der Waals surface area (Å²) in [5, 5.41) is 10.00. The number of aromatic carboxylic acids is 1. The maximum absolute atomic E-state index is 11.8. The molecule has 2 rings (SSSR count). The molecule has 7 nitrogen and oxygen atoms in total. The third kappa shape index (κ3) is 3.11. The Morgan fingerprint density at radius 1 is 1.23 bits per heavy atom. The van der Waals surface area contributed by atoms with Gasteiger partial charge in [-0.3, -0.25) is 4.55 Å². The van der Waals surface area contributed by atoms with Crippen molar-refractivity contribution < 1.29 is 22.9 Å². The van der Waals surface area contributed by atoms with Crippen LogP contribution in [0.3, 0.4) is 0 Å². The third-order valence-electron chi connectivity index (χ3n) is 2.95. The van der Waals surface area contributed by atoms with Crippen LogP contribution in [0.15, 0.2) is 17.5 Å². The molecule has 0 spiro atoms. The Hall–Kier alpha value is -1.97. The fourth-order valence-corrected chi connectivity index (χ4v) is 4.14. The zero-order valence-corrected chi connectivity index (χ0v) is 13.7. The Bertz CT molecular complexity index is 819. The number of anilines is 2. The fourth-order valence-electron chi connectivity index (χ4n) is 2.26. The first-order valence-electron chi connectivity index (χ1n) is 6.15. The molecule has 0 saturated carbocycles. The van der Waals surface area contributed by atoms with E-state index in [1.54, 1.807) is 26.0 Å². The number of hydrogen-bond donors (Lipinski definition) is 2. The van der Waals surface area contributed by atoms with Gasteiger partial charge in [-0.15, -0.1) is 11.3 Å². The standard InChI is InChI=1S/C13H14N2O5S2/c1-7-4-8(2)11(9(3)5-7)15(22(18,19)20)13-14-10(6-21-13)12(16)17/h4-6H,1-3H3,(H,16,17)(H,18,19,20). The van der Waals surface area contributed by atoms with Crippen molar-refractivity contribution in [3.8, 4) is 0 Å². The highest BCUT2D eigenvalue weighted by atomic mass is 32.2. The average molecular weight is 342 g/mol. The van der Waals surface area contributed by atoms with Gasteiger partial charge in [-0.05, 0) is 31.9 Å². The number of aryl methyl sites for hydroxylation is 3. The molecule has 0 aliphatic carbocycles. The smallest absolute Gasteiger partial charge is 0.366 e. The molecular formula is C13H14N2O5S2. The van der Waals surface area contributed by atoms with Gasteiger partial charge in [0.25, 0.3) is 0 Å². The van der Waals surface area contributed by atoms with Crippen molar-refractivity contribution in [2.24, 2.45) is 0 Å². The Morgan fingerprint density at radius 2 is 1.77 bits per heavy atom. The van der Waals surface area contributed by atoms with Gasteiger partial charge in [-0.2, -0.15) is 12.7 Å². The Labute approximate surface area is 131 Å². The molecule has 1 aromatic heterocycles. The van der Waals surface area contributed by atoms with Crippen LogP contribution in [0, 0.1) is 20.8 Å². The molecule has 0 fully saturated rings. The number of thiazole rings is 1. The maximum Gasteiger partial charge on any atom is 0.366 e. The first-order valence-corrected chi connectivity index (χ1v) is 8.43. The Morgan fingerprint density at radius 3 is 2.18 bits per heavy atom. The molecule has 0 amide bonds. The molecule has 0 radical (unpaired) electrons. The largest absolute Gasteiger partial charge is 0.476 e. The van der Waals surface area contributed by atoms with Gasteiger partial charge in [0, 0.05) is 5.38 Å². The molecule has 9 heteroatoms. The molecule has 0 unspecified atom stereocenters. The zero-order valence-electron chi connectivity index (χ0n) is 12.1. The summed E-state index contributed by atoms with van der Waals surface area (Å²) >= 11 is 0.824. The molecule has 2 N–H and O–H groups in total. The van der Waals surface area contributed by atoms with Crippen molar-refractivity contribution in [2.75, 3.05) is 4.31 Å². The topological polar surface area (TPSA) is 108 Å². The number of nitrogens with zero attached hydrogens (tertiary/aromatic N) is 2. The van der Waals surface area contributed by atoms with Crippen LogP contribution >= 0.6 is 11.3 Å². The van der Waals surface area contributed by atoms with Crippen LogP contribution in [0.1, 0.15) is 27.2 Å². The van der Waals surface area contributed by atoms with Gasteiger partial charge in [0.05, 0.1) is 5.69 Å². The summed E-state index contributed by atoms with van der Waals surface area (Å²) in [4.78, 5) is 14.7. The lowest BCUT2D eigenvalue weighted by Gasteiger charge is -2.22. The number of rotatable bonds is 4. The SMILES string of the molecule is Cc1cc(C)c(N(c2nc(C(=O)O)cs2)S(=O)(=O)O)c(C)c1. The number of carboxylic acids is 1. The maximum atomic E-state index is 11.8. The van der Waals surface area contributed by atoms with Gasteiger partial charge in [-0.25, -0.2) is 9.78 Å². The van der Waals surface area contributed by atoms with E-state index in [2.05, 4.69) is 4.98 Å². The van der Waals surface area contributed by atoms with Crippen LogP contribution in [0.25, 0.3) is 0 Å². The molecule has 0 aliphatic heterocycles. The first kappa shape index (κ1) is 16.4. The summed E-state index contributed by atoms with van der Waals surface area (Å²) in [6, 6.07) is 3.54. The summed E-state index contributed by atoms with van der Waals surface area (Å²) in [5.41, 5.74) is 2.18. The summed E-state index contributed by atoms with van der Waals surface area (Å²) < 4.78 is 33.8. The van der Waals surface area contributed by atoms with E-state index < -0.39 is 16.3 Å². The van der Waals surface area contributed by atoms with Crippen molar-refractivity contribution in [1.82, 2.24) is 4.98 Å². The lowest BCUT2D eigenvalue weighted by molar-refractivity contribution is 0.0691. The molecule has 22 heavy (non-hydrogen) atoms. The van der Waals surface area contributed by atoms with Gasteiger partial charge in [0.1, 0.15) is 0 Å². The van der Waals surface area contributed by atoms with Gasteiger partial charge in [0.2, 0.25) is 5.13 Å². The van der Waals surface area contributed by atoms with Crippen LogP contribution < -0.4 is 4.31 Å². The predicted molar refractivity (Wildman–Crippen MR) is 83.4 cm³/mol. The number of carboxylic acid groups (broad SMARTS) is 1. The highest BCUT2D eigenvalue weighted by Crippen LogP contribution is 2.36. The van der Waals surface area contributed by atoms with Crippen molar-refractivity contribution in [2.45, 2.75) is 20.8 Å². The molecule has 0 bridgehead atoms. The molecule has 1 heterocycles. The predicted octanol–water partition coefficient (Wildman–Crippen LogP) is 2.71. The highest BCUT2D eigenvalue weighted by Gasteiger charge is 2.28. The summed E-state index contributed by atoms with van der Waals surface area (Å²) in [6.07, 6.45) is 0. The second kappa shape index (κ2) is 5.67. The second-order valence-electron chi connectivity index (χ2n) is 4.81. The molecular weight excluding hydrogens is 328 g/mol. The number of benzene rings is 1. The van der Waals surface area contributed by atoms with Gasteiger partial charge < -0.3 is 5.11 Å². The van der Waals surface area contributed by atoms with Gasteiger partial charge in [-0.1, -0.05) is 17.7 Å². The monoisotopic (exact) mass is 342 g/mol. The number of aromatic nitrogens is 1. The third-order valence-corrected chi connectivity index (χ3v) is 4.71. The fraction of sp³-hybridized carbons (Fsp3) is 0.231. The van der Waals surface area contributed by atoms with E-state index in [-0.39, 0.29) is 16.5 Å². The van der Waals surface area contributed by atoms with E-state index in [1.807, 2.05) is 6.92 Å². The molecule has 0 atom stereocenters. The molecule has 2 aromatic rings. The van der Waals surface area contributed by atoms with E-state index in [0.29, 0.717) is 15.4 Å². The van der Waals surface area contributed by atoms with Crippen LogP contribution in [0.4, 0.5) is 10.8 Å². The average Bonchev–Trinajstić information content (AvgIpc) is 2.80. The lowest BCUT2D eigenvalue weighted by atomic mass is 10.1.